The monoisotopic (exact) mass is 292 g/mol. The van der Waals surface area contributed by atoms with Crippen LogP contribution in [0.2, 0.25) is 5.02 Å². The zero-order valence-corrected chi connectivity index (χ0v) is 11.4. The molecule has 2 rings (SSSR count). The van der Waals surface area contributed by atoms with Gasteiger partial charge in [-0.05, 0) is 31.2 Å². The Morgan fingerprint density at radius 2 is 2.11 bits per heavy atom. The Kier molecular flexibility index (Phi) is 5.85. The SMILES string of the molecule is Cl.O=C(c1ccc(F)c(Cl)c1)N1CCCNCC1. The largest absolute Gasteiger partial charge is 0.337 e. The zero-order valence-electron chi connectivity index (χ0n) is 9.79. The van der Waals surface area contributed by atoms with Crippen molar-refractivity contribution < 1.29 is 9.18 Å². The van der Waals surface area contributed by atoms with Gasteiger partial charge in [-0.3, -0.25) is 4.79 Å². The normalized spacial score (nSPS) is 15.8. The van der Waals surface area contributed by atoms with Gasteiger partial charge in [0.1, 0.15) is 5.82 Å². The molecule has 6 heteroatoms. The molecule has 3 nitrogen and oxygen atoms in total. The number of amides is 1. The van der Waals surface area contributed by atoms with E-state index >= 15 is 0 Å². The third kappa shape index (κ3) is 3.57. The third-order valence-corrected chi connectivity index (χ3v) is 3.08. The Hall–Kier alpha value is -0.840. The summed E-state index contributed by atoms with van der Waals surface area (Å²) < 4.78 is 13.0. The van der Waals surface area contributed by atoms with Crippen LogP contribution in [0.3, 0.4) is 0 Å². The summed E-state index contributed by atoms with van der Waals surface area (Å²) in [6.07, 6.45) is 0.931. The lowest BCUT2D eigenvalue weighted by atomic mass is 10.2. The van der Waals surface area contributed by atoms with Gasteiger partial charge in [0.05, 0.1) is 5.02 Å². The summed E-state index contributed by atoms with van der Waals surface area (Å²) >= 11 is 5.67. The van der Waals surface area contributed by atoms with Crippen LogP contribution in [-0.2, 0) is 0 Å². The van der Waals surface area contributed by atoms with E-state index in [1.807, 2.05) is 0 Å². The molecule has 1 N–H and O–H groups in total. The van der Waals surface area contributed by atoms with Crippen molar-refractivity contribution in [1.82, 2.24) is 10.2 Å². The van der Waals surface area contributed by atoms with E-state index in [-0.39, 0.29) is 23.3 Å². The molecule has 1 aromatic rings. The lowest BCUT2D eigenvalue weighted by Gasteiger charge is -2.20. The maximum atomic E-state index is 13.0. The van der Waals surface area contributed by atoms with Gasteiger partial charge in [0.2, 0.25) is 0 Å². The molecule has 0 radical (unpaired) electrons. The van der Waals surface area contributed by atoms with Crippen LogP contribution in [-0.4, -0.2) is 37.0 Å². The molecule has 1 amide bonds. The molecule has 1 aliphatic rings. The number of nitrogens with one attached hydrogen (secondary N) is 1. The number of benzene rings is 1. The second kappa shape index (κ2) is 6.92. The van der Waals surface area contributed by atoms with E-state index in [1.54, 1.807) is 4.90 Å². The minimum Gasteiger partial charge on any atom is -0.337 e. The maximum absolute atomic E-state index is 13.0. The van der Waals surface area contributed by atoms with Gasteiger partial charge in [0.25, 0.3) is 5.91 Å². The highest BCUT2D eigenvalue weighted by Crippen LogP contribution is 2.17. The smallest absolute Gasteiger partial charge is 0.253 e. The van der Waals surface area contributed by atoms with Crippen molar-refractivity contribution in [3.8, 4) is 0 Å². The fourth-order valence-corrected chi connectivity index (χ4v) is 2.04. The van der Waals surface area contributed by atoms with Crippen molar-refractivity contribution in [2.45, 2.75) is 6.42 Å². The fraction of sp³-hybridized carbons (Fsp3) is 0.417. The second-order valence-corrected chi connectivity index (χ2v) is 4.43. The average molecular weight is 293 g/mol. The van der Waals surface area contributed by atoms with Crippen LogP contribution in [0.4, 0.5) is 4.39 Å². The van der Waals surface area contributed by atoms with E-state index in [1.165, 1.54) is 18.2 Å². The number of halogens is 3. The first-order chi connectivity index (χ1) is 8.18. The molecule has 0 saturated carbocycles. The van der Waals surface area contributed by atoms with Gasteiger partial charge < -0.3 is 10.2 Å². The summed E-state index contributed by atoms with van der Waals surface area (Å²) in [5.74, 6) is -0.587. The van der Waals surface area contributed by atoms with Gasteiger partial charge in [-0.15, -0.1) is 12.4 Å². The van der Waals surface area contributed by atoms with Gasteiger partial charge in [-0.2, -0.15) is 0 Å². The predicted molar refractivity (Wildman–Crippen MR) is 72.0 cm³/mol. The molecular weight excluding hydrogens is 278 g/mol. The Bertz CT molecular complexity index is 421. The average Bonchev–Trinajstić information content (AvgIpc) is 2.60. The Morgan fingerprint density at radius 1 is 1.33 bits per heavy atom. The number of hydrogen-bond donors (Lipinski definition) is 1. The van der Waals surface area contributed by atoms with Gasteiger partial charge >= 0.3 is 0 Å². The summed E-state index contributed by atoms with van der Waals surface area (Å²) in [5.41, 5.74) is 0.443. The predicted octanol–water partition coefficient (Wildman–Crippen LogP) is 2.34. The minimum absolute atomic E-state index is 0. The molecule has 18 heavy (non-hydrogen) atoms. The number of carbonyl (C=O) groups is 1. The highest BCUT2D eigenvalue weighted by atomic mass is 35.5. The van der Waals surface area contributed by atoms with E-state index in [0.717, 1.165) is 26.1 Å². The first kappa shape index (κ1) is 15.2. The summed E-state index contributed by atoms with van der Waals surface area (Å²) in [6.45, 7) is 3.11. The van der Waals surface area contributed by atoms with Gasteiger partial charge in [0, 0.05) is 25.2 Å². The summed E-state index contributed by atoms with van der Waals surface area (Å²) in [7, 11) is 0. The number of hydrogen-bond acceptors (Lipinski definition) is 2. The molecule has 0 unspecified atom stereocenters. The van der Waals surface area contributed by atoms with E-state index in [9.17, 15) is 9.18 Å². The third-order valence-electron chi connectivity index (χ3n) is 2.79. The molecular formula is C12H15Cl2FN2O. The van der Waals surface area contributed by atoms with Gasteiger partial charge in [-0.1, -0.05) is 11.6 Å². The maximum Gasteiger partial charge on any atom is 0.253 e. The van der Waals surface area contributed by atoms with Crippen molar-refractivity contribution in [1.29, 1.82) is 0 Å². The lowest BCUT2D eigenvalue weighted by Crippen LogP contribution is -2.34. The molecule has 1 fully saturated rings. The molecule has 0 atom stereocenters. The lowest BCUT2D eigenvalue weighted by molar-refractivity contribution is 0.0766. The van der Waals surface area contributed by atoms with Crippen LogP contribution in [0, 0.1) is 5.82 Å². The molecule has 1 saturated heterocycles. The minimum atomic E-state index is -0.499. The first-order valence-corrected chi connectivity index (χ1v) is 6.01. The second-order valence-electron chi connectivity index (χ2n) is 4.02. The molecule has 0 aromatic heterocycles. The summed E-state index contributed by atoms with van der Waals surface area (Å²) in [4.78, 5) is 13.9. The molecule has 0 spiro atoms. The summed E-state index contributed by atoms with van der Waals surface area (Å²) in [6, 6.07) is 4.09. The molecule has 0 bridgehead atoms. The molecule has 1 aliphatic heterocycles. The molecule has 1 aromatic carbocycles. The topological polar surface area (TPSA) is 32.3 Å². The zero-order chi connectivity index (χ0) is 12.3. The van der Waals surface area contributed by atoms with E-state index in [2.05, 4.69) is 5.32 Å². The van der Waals surface area contributed by atoms with Crippen molar-refractivity contribution >= 4 is 29.9 Å². The quantitative estimate of drug-likeness (QED) is 0.862. The molecule has 1 heterocycles. The highest BCUT2D eigenvalue weighted by molar-refractivity contribution is 6.31. The van der Waals surface area contributed by atoms with E-state index in [4.69, 9.17) is 11.6 Å². The van der Waals surface area contributed by atoms with Crippen LogP contribution < -0.4 is 5.32 Å². The Balaban J connectivity index is 0.00000162. The Labute approximate surface area is 117 Å². The van der Waals surface area contributed by atoms with Crippen LogP contribution in [0.1, 0.15) is 16.8 Å². The van der Waals surface area contributed by atoms with Crippen molar-refractivity contribution in [2.24, 2.45) is 0 Å². The van der Waals surface area contributed by atoms with Crippen LogP contribution >= 0.6 is 24.0 Å². The fourth-order valence-electron chi connectivity index (χ4n) is 1.86. The van der Waals surface area contributed by atoms with E-state index < -0.39 is 5.82 Å². The summed E-state index contributed by atoms with van der Waals surface area (Å²) in [5, 5.41) is 3.21. The van der Waals surface area contributed by atoms with E-state index in [0.29, 0.717) is 12.1 Å². The van der Waals surface area contributed by atoms with Gasteiger partial charge in [-0.25, -0.2) is 4.39 Å². The standard InChI is InChI=1S/C12H14ClFN2O.ClH/c13-10-8-9(2-3-11(10)14)12(17)16-6-1-4-15-5-7-16;/h2-3,8,15H,1,4-7H2;1H. The number of carbonyl (C=O) groups excluding carboxylic acids is 1. The van der Waals surface area contributed by atoms with Crippen molar-refractivity contribution in [3.05, 3.63) is 34.6 Å². The van der Waals surface area contributed by atoms with Crippen LogP contribution in [0.5, 0.6) is 0 Å². The molecule has 0 aliphatic carbocycles. The highest BCUT2D eigenvalue weighted by Gasteiger charge is 2.17. The van der Waals surface area contributed by atoms with Crippen molar-refractivity contribution in [2.75, 3.05) is 26.2 Å². The van der Waals surface area contributed by atoms with Crippen LogP contribution in [0.25, 0.3) is 0 Å². The van der Waals surface area contributed by atoms with Gasteiger partial charge in [0.15, 0.2) is 0 Å². The molecule has 100 valence electrons. The first-order valence-electron chi connectivity index (χ1n) is 5.63. The Morgan fingerprint density at radius 3 is 2.83 bits per heavy atom. The number of rotatable bonds is 1. The number of nitrogens with zero attached hydrogens (tertiary/aromatic N) is 1. The van der Waals surface area contributed by atoms with Crippen molar-refractivity contribution in [3.63, 3.8) is 0 Å². The van der Waals surface area contributed by atoms with Crippen LogP contribution in [0.15, 0.2) is 18.2 Å².